The molecule has 2 aliphatic rings. The monoisotopic (exact) mass is 439 g/mol. The SMILES string of the molecule is CC[C@]1(N2C(=O)c3ccccc3[C@@H](C(=O)O)[C@@H]2c2ccc(C)cc2C)C[C@H]1c1ccccc1. The van der Waals surface area contributed by atoms with Gasteiger partial charge in [-0.25, -0.2) is 0 Å². The molecule has 3 aromatic rings. The van der Waals surface area contributed by atoms with E-state index in [0.717, 1.165) is 29.5 Å². The molecule has 0 spiro atoms. The molecule has 1 aliphatic carbocycles. The molecular formula is C29H29NO3. The molecule has 1 amide bonds. The molecule has 0 unspecified atom stereocenters. The van der Waals surface area contributed by atoms with Crippen LogP contribution in [0.5, 0.6) is 0 Å². The smallest absolute Gasteiger partial charge is 0.313 e. The maximum atomic E-state index is 14.1. The number of carbonyl (C=O) groups is 2. The molecule has 0 radical (unpaired) electrons. The van der Waals surface area contributed by atoms with Gasteiger partial charge in [-0.1, -0.05) is 79.2 Å². The third-order valence-electron chi connectivity index (χ3n) is 7.69. The number of hydrogen-bond donors (Lipinski definition) is 1. The summed E-state index contributed by atoms with van der Waals surface area (Å²) in [6.07, 6.45) is 1.61. The van der Waals surface area contributed by atoms with Gasteiger partial charge in [0.25, 0.3) is 5.91 Å². The van der Waals surface area contributed by atoms with Gasteiger partial charge < -0.3 is 10.0 Å². The van der Waals surface area contributed by atoms with Crippen LogP contribution < -0.4 is 0 Å². The van der Waals surface area contributed by atoms with E-state index in [2.05, 4.69) is 25.1 Å². The van der Waals surface area contributed by atoms with Crippen LogP contribution in [0.4, 0.5) is 0 Å². The predicted molar refractivity (Wildman–Crippen MR) is 128 cm³/mol. The van der Waals surface area contributed by atoms with Gasteiger partial charge in [-0.15, -0.1) is 0 Å². The Hall–Kier alpha value is -3.40. The number of hydrogen-bond acceptors (Lipinski definition) is 2. The third-order valence-corrected chi connectivity index (χ3v) is 7.69. The molecule has 0 bridgehead atoms. The van der Waals surface area contributed by atoms with Gasteiger partial charge in [-0.3, -0.25) is 9.59 Å². The normalized spacial score (nSPS) is 26.1. The third kappa shape index (κ3) is 3.28. The lowest BCUT2D eigenvalue weighted by Crippen LogP contribution is -2.52. The molecule has 0 saturated heterocycles. The summed E-state index contributed by atoms with van der Waals surface area (Å²) in [5.41, 5.74) is 4.99. The lowest BCUT2D eigenvalue weighted by atomic mass is 9.77. The topological polar surface area (TPSA) is 57.6 Å². The van der Waals surface area contributed by atoms with Crippen molar-refractivity contribution in [2.75, 3.05) is 0 Å². The molecule has 0 aromatic heterocycles. The fourth-order valence-electron chi connectivity index (χ4n) is 6.00. The molecule has 1 N–H and O–H groups in total. The lowest BCUT2D eigenvalue weighted by Gasteiger charge is -2.46. The zero-order valence-electron chi connectivity index (χ0n) is 19.3. The van der Waals surface area contributed by atoms with Crippen LogP contribution in [0.3, 0.4) is 0 Å². The maximum absolute atomic E-state index is 14.1. The maximum Gasteiger partial charge on any atom is 0.313 e. The van der Waals surface area contributed by atoms with Gasteiger partial charge in [0.2, 0.25) is 0 Å². The van der Waals surface area contributed by atoms with E-state index in [1.807, 2.05) is 61.2 Å². The molecule has 4 nitrogen and oxygen atoms in total. The zero-order valence-corrected chi connectivity index (χ0v) is 19.3. The predicted octanol–water partition coefficient (Wildman–Crippen LogP) is 6.01. The molecule has 33 heavy (non-hydrogen) atoms. The number of benzene rings is 3. The van der Waals surface area contributed by atoms with Gasteiger partial charge in [0, 0.05) is 11.5 Å². The Morgan fingerprint density at radius 2 is 1.70 bits per heavy atom. The first-order chi connectivity index (χ1) is 15.9. The van der Waals surface area contributed by atoms with E-state index < -0.39 is 23.5 Å². The van der Waals surface area contributed by atoms with Gasteiger partial charge in [0.05, 0.1) is 11.6 Å². The Labute approximate surface area is 194 Å². The van der Waals surface area contributed by atoms with Gasteiger partial charge in [-0.05, 0) is 55.0 Å². The van der Waals surface area contributed by atoms with Crippen molar-refractivity contribution in [3.8, 4) is 0 Å². The van der Waals surface area contributed by atoms with Crippen LogP contribution in [0.2, 0.25) is 0 Å². The Balaban J connectivity index is 1.73. The summed E-state index contributed by atoms with van der Waals surface area (Å²) in [6.45, 7) is 6.17. The minimum Gasteiger partial charge on any atom is -0.481 e. The quantitative estimate of drug-likeness (QED) is 0.530. The van der Waals surface area contributed by atoms with E-state index in [1.165, 1.54) is 5.56 Å². The summed E-state index contributed by atoms with van der Waals surface area (Å²) in [5, 5.41) is 10.5. The van der Waals surface area contributed by atoms with Gasteiger partial charge in [0.1, 0.15) is 5.92 Å². The van der Waals surface area contributed by atoms with E-state index in [9.17, 15) is 14.7 Å². The van der Waals surface area contributed by atoms with Gasteiger partial charge in [0.15, 0.2) is 0 Å². The first-order valence-electron chi connectivity index (χ1n) is 11.7. The van der Waals surface area contributed by atoms with Gasteiger partial charge >= 0.3 is 5.97 Å². The molecular weight excluding hydrogens is 410 g/mol. The summed E-state index contributed by atoms with van der Waals surface area (Å²) in [5.74, 6) is -1.58. The fraction of sp³-hybridized carbons (Fsp3) is 0.310. The highest BCUT2D eigenvalue weighted by Crippen LogP contribution is 2.62. The number of fused-ring (bicyclic) bond motifs is 1. The Kier molecular flexibility index (Phi) is 5.12. The number of aliphatic carboxylic acids is 1. The molecule has 1 saturated carbocycles. The molecule has 4 heteroatoms. The first kappa shape index (κ1) is 21.4. The molecule has 1 aliphatic heterocycles. The highest BCUT2D eigenvalue weighted by atomic mass is 16.4. The van der Waals surface area contributed by atoms with Crippen LogP contribution in [0.25, 0.3) is 0 Å². The number of amides is 1. The van der Waals surface area contributed by atoms with Crippen molar-refractivity contribution in [3.05, 3.63) is 106 Å². The van der Waals surface area contributed by atoms with E-state index in [4.69, 9.17) is 0 Å². The second kappa shape index (κ2) is 7.87. The second-order valence-electron chi connectivity index (χ2n) is 9.51. The van der Waals surface area contributed by atoms with Crippen molar-refractivity contribution < 1.29 is 14.7 Å². The molecule has 168 valence electrons. The van der Waals surface area contributed by atoms with Crippen LogP contribution in [-0.2, 0) is 4.79 Å². The minimum absolute atomic E-state index is 0.0617. The molecule has 3 aromatic carbocycles. The number of rotatable bonds is 5. The summed E-state index contributed by atoms with van der Waals surface area (Å²) >= 11 is 0. The van der Waals surface area contributed by atoms with E-state index in [0.29, 0.717) is 11.1 Å². The molecule has 1 heterocycles. The van der Waals surface area contributed by atoms with Crippen LogP contribution in [-0.4, -0.2) is 27.4 Å². The number of carbonyl (C=O) groups excluding carboxylic acids is 1. The van der Waals surface area contributed by atoms with E-state index >= 15 is 0 Å². The summed E-state index contributed by atoms with van der Waals surface area (Å²) in [4.78, 5) is 28.8. The van der Waals surface area contributed by atoms with Gasteiger partial charge in [-0.2, -0.15) is 0 Å². The average Bonchev–Trinajstić information content (AvgIpc) is 3.55. The minimum atomic E-state index is -0.895. The van der Waals surface area contributed by atoms with E-state index in [1.54, 1.807) is 12.1 Å². The number of carboxylic acid groups (broad SMARTS) is 1. The van der Waals surface area contributed by atoms with Crippen molar-refractivity contribution in [1.29, 1.82) is 0 Å². The number of carboxylic acids is 1. The fourth-order valence-corrected chi connectivity index (χ4v) is 6.00. The zero-order chi connectivity index (χ0) is 23.3. The number of nitrogens with zero attached hydrogens (tertiary/aromatic N) is 1. The molecule has 4 atom stereocenters. The Bertz CT molecular complexity index is 1230. The highest BCUT2D eigenvalue weighted by Gasteiger charge is 2.63. The van der Waals surface area contributed by atoms with Crippen LogP contribution in [0, 0.1) is 13.8 Å². The molecule has 5 rings (SSSR count). The first-order valence-corrected chi connectivity index (χ1v) is 11.7. The summed E-state index contributed by atoms with van der Waals surface area (Å²) in [7, 11) is 0. The Morgan fingerprint density at radius 1 is 1.00 bits per heavy atom. The largest absolute Gasteiger partial charge is 0.481 e. The summed E-state index contributed by atoms with van der Waals surface area (Å²) in [6, 6.07) is 23.1. The van der Waals surface area contributed by atoms with Crippen LogP contribution >= 0.6 is 0 Å². The van der Waals surface area contributed by atoms with Crippen molar-refractivity contribution >= 4 is 11.9 Å². The van der Waals surface area contributed by atoms with E-state index in [-0.39, 0.29) is 11.8 Å². The molecule has 1 fully saturated rings. The second-order valence-corrected chi connectivity index (χ2v) is 9.51. The van der Waals surface area contributed by atoms with Crippen LogP contribution in [0.1, 0.15) is 75.8 Å². The van der Waals surface area contributed by atoms with Crippen molar-refractivity contribution in [1.82, 2.24) is 4.90 Å². The lowest BCUT2D eigenvalue weighted by molar-refractivity contribution is -0.141. The number of aryl methyl sites for hydroxylation is 2. The van der Waals surface area contributed by atoms with Crippen LogP contribution in [0.15, 0.2) is 72.8 Å². The van der Waals surface area contributed by atoms with Crippen molar-refractivity contribution in [3.63, 3.8) is 0 Å². The highest BCUT2D eigenvalue weighted by molar-refractivity contribution is 6.01. The Morgan fingerprint density at radius 3 is 2.36 bits per heavy atom. The van der Waals surface area contributed by atoms with Crippen molar-refractivity contribution in [2.45, 2.75) is 57.0 Å². The standard InChI is InChI=1S/C29H29NO3/c1-4-29(17-24(29)20-10-6-5-7-11-20)30-26(21-15-14-18(2)16-19(21)3)25(28(32)33)22-12-8-9-13-23(22)27(30)31/h5-16,24-26H,4,17H2,1-3H3,(H,32,33)/t24-,25+,26-,29-/m0/s1. The van der Waals surface area contributed by atoms with Crippen molar-refractivity contribution in [2.24, 2.45) is 0 Å². The summed E-state index contributed by atoms with van der Waals surface area (Å²) < 4.78 is 0. The average molecular weight is 440 g/mol.